The van der Waals surface area contributed by atoms with Crippen molar-refractivity contribution in [2.45, 2.75) is 59.4 Å². The first kappa shape index (κ1) is 21.6. The van der Waals surface area contributed by atoms with E-state index in [9.17, 15) is 4.79 Å². The van der Waals surface area contributed by atoms with Crippen molar-refractivity contribution in [2.24, 2.45) is 17.3 Å². The number of rotatable bonds is 7. The van der Waals surface area contributed by atoms with Crippen LogP contribution in [0.1, 0.15) is 64.0 Å². The second kappa shape index (κ2) is 10.0. The molecule has 1 aromatic rings. The Bertz CT molecular complexity index is 626. The number of hydroxylamine groups is 1. The highest BCUT2D eigenvalue weighted by Crippen LogP contribution is 2.41. The van der Waals surface area contributed by atoms with Crippen LogP contribution in [0.5, 0.6) is 0 Å². The molecule has 150 valence electrons. The van der Waals surface area contributed by atoms with Gasteiger partial charge in [-0.25, -0.2) is 5.48 Å². The van der Waals surface area contributed by atoms with E-state index >= 15 is 0 Å². The van der Waals surface area contributed by atoms with Crippen molar-refractivity contribution in [3.8, 4) is 0 Å². The summed E-state index contributed by atoms with van der Waals surface area (Å²) in [5.74, 6) is 1.20. The average Bonchev–Trinajstić information content (AvgIpc) is 2.78. The van der Waals surface area contributed by atoms with Crippen molar-refractivity contribution in [2.75, 3.05) is 13.6 Å². The Kier molecular flexibility index (Phi) is 8.06. The first-order valence-corrected chi connectivity index (χ1v) is 10.2. The summed E-state index contributed by atoms with van der Waals surface area (Å²) in [6, 6.07) is 8.23. The van der Waals surface area contributed by atoms with Gasteiger partial charge in [-0.05, 0) is 60.8 Å². The molecule has 0 bridgehead atoms. The number of nitrogens with zero attached hydrogens (tertiary/aromatic N) is 1. The molecule has 27 heavy (non-hydrogen) atoms. The second-order valence-corrected chi connectivity index (χ2v) is 8.89. The van der Waals surface area contributed by atoms with E-state index in [0.717, 1.165) is 30.5 Å². The van der Waals surface area contributed by atoms with Gasteiger partial charge in [0, 0.05) is 19.2 Å². The molecule has 1 aliphatic carbocycles. The minimum Gasteiger partial charge on any atom is -0.302 e. The van der Waals surface area contributed by atoms with Crippen molar-refractivity contribution in [3.63, 3.8) is 0 Å². The summed E-state index contributed by atoms with van der Waals surface area (Å²) in [7, 11) is 2.22. The topological polar surface area (TPSA) is 52.6 Å². The zero-order valence-electron chi connectivity index (χ0n) is 17.4. The molecule has 1 amide bonds. The van der Waals surface area contributed by atoms with E-state index in [4.69, 9.17) is 5.21 Å². The number of benzene rings is 1. The van der Waals surface area contributed by atoms with Gasteiger partial charge in [0.15, 0.2) is 0 Å². The third-order valence-electron chi connectivity index (χ3n) is 5.96. The fourth-order valence-electron chi connectivity index (χ4n) is 4.58. The van der Waals surface area contributed by atoms with Crippen LogP contribution in [0.4, 0.5) is 0 Å². The zero-order valence-corrected chi connectivity index (χ0v) is 17.4. The number of carbonyl (C=O) groups excluding carboxylic acids is 1. The largest absolute Gasteiger partial charge is 0.302 e. The van der Waals surface area contributed by atoms with Gasteiger partial charge in [-0.2, -0.15) is 0 Å². The van der Waals surface area contributed by atoms with Gasteiger partial charge >= 0.3 is 0 Å². The lowest BCUT2D eigenvalue weighted by atomic mass is 9.78. The maximum Gasteiger partial charge on any atom is 0.267 e. The Morgan fingerprint density at radius 3 is 2.70 bits per heavy atom. The molecule has 2 N–H and O–H groups in total. The highest BCUT2D eigenvalue weighted by Gasteiger charge is 2.32. The standard InChI is InChI=1S/C23H36N2O2/c1-5-19-14-18(2)12-13-23(3,15-19)17-25(4)16-21-8-6-20(7-9-21)10-11-22(26)24-27/h6-11,18-19,27H,5,12-17H2,1-4H3,(H,24,26)/b11-10+. The van der Waals surface area contributed by atoms with Crippen molar-refractivity contribution >= 4 is 12.0 Å². The van der Waals surface area contributed by atoms with Crippen LogP contribution in [0.15, 0.2) is 30.3 Å². The number of hydrogen-bond donors (Lipinski definition) is 2. The van der Waals surface area contributed by atoms with Crippen molar-refractivity contribution in [1.82, 2.24) is 10.4 Å². The molecule has 0 heterocycles. The third kappa shape index (κ3) is 7.11. The Hall–Kier alpha value is -1.65. The van der Waals surface area contributed by atoms with E-state index in [1.165, 1.54) is 43.7 Å². The highest BCUT2D eigenvalue weighted by atomic mass is 16.5. The van der Waals surface area contributed by atoms with Gasteiger partial charge in [0.1, 0.15) is 0 Å². The van der Waals surface area contributed by atoms with E-state index in [2.05, 4.69) is 44.9 Å². The average molecular weight is 373 g/mol. The molecule has 1 saturated carbocycles. The SMILES string of the molecule is CCC1CC(C)CCC(C)(CN(C)Cc2ccc(/C=C/C(=O)NO)cc2)C1. The van der Waals surface area contributed by atoms with Gasteiger partial charge < -0.3 is 4.90 Å². The molecule has 3 unspecified atom stereocenters. The Balaban J connectivity index is 1.93. The zero-order chi connectivity index (χ0) is 19.9. The number of hydrogen-bond acceptors (Lipinski definition) is 3. The Labute approximate surface area is 164 Å². The van der Waals surface area contributed by atoms with Crippen LogP contribution >= 0.6 is 0 Å². The Morgan fingerprint density at radius 1 is 1.37 bits per heavy atom. The van der Waals surface area contributed by atoms with Crippen LogP contribution in [0, 0.1) is 17.3 Å². The number of nitrogens with one attached hydrogen (secondary N) is 1. The molecule has 2 rings (SSSR count). The van der Waals surface area contributed by atoms with Crippen molar-refractivity contribution < 1.29 is 10.0 Å². The predicted molar refractivity (Wildman–Crippen MR) is 111 cm³/mol. The molecule has 0 radical (unpaired) electrons. The monoisotopic (exact) mass is 372 g/mol. The molecule has 4 heteroatoms. The fourth-order valence-corrected chi connectivity index (χ4v) is 4.58. The van der Waals surface area contributed by atoms with Crippen LogP contribution in [-0.4, -0.2) is 29.6 Å². The first-order chi connectivity index (χ1) is 12.8. The van der Waals surface area contributed by atoms with Crippen molar-refractivity contribution in [3.05, 3.63) is 41.5 Å². The fraction of sp³-hybridized carbons (Fsp3) is 0.609. The maximum absolute atomic E-state index is 11.1. The van der Waals surface area contributed by atoms with Crippen LogP contribution in [0.2, 0.25) is 0 Å². The first-order valence-electron chi connectivity index (χ1n) is 10.2. The highest BCUT2D eigenvalue weighted by molar-refractivity contribution is 5.90. The summed E-state index contributed by atoms with van der Waals surface area (Å²) in [5.41, 5.74) is 4.22. The van der Waals surface area contributed by atoms with Crippen LogP contribution in [0.3, 0.4) is 0 Å². The lowest BCUT2D eigenvalue weighted by Gasteiger charge is -2.35. The van der Waals surface area contributed by atoms with Gasteiger partial charge in [0.2, 0.25) is 0 Å². The number of amides is 1. The molecule has 3 atom stereocenters. The quantitative estimate of drug-likeness (QED) is 0.310. The van der Waals surface area contributed by atoms with Gasteiger partial charge in [0.25, 0.3) is 5.91 Å². The molecular weight excluding hydrogens is 336 g/mol. The van der Waals surface area contributed by atoms with Gasteiger partial charge in [-0.1, -0.05) is 57.9 Å². The van der Waals surface area contributed by atoms with Crippen LogP contribution in [-0.2, 0) is 11.3 Å². The summed E-state index contributed by atoms with van der Waals surface area (Å²) in [6.07, 6.45) is 9.71. The normalized spacial score (nSPS) is 26.3. The lowest BCUT2D eigenvalue weighted by molar-refractivity contribution is -0.124. The van der Waals surface area contributed by atoms with E-state index in [0.29, 0.717) is 5.41 Å². The second-order valence-electron chi connectivity index (χ2n) is 8.89. The maximum atomic E-state index is 11.1. The van der Waals surface area contributed by atoms with Crippen LogP contribution < -0.4 is 5.48 Å². The smallest absolute Gasteiger partial charge is 0.267 e. The Morgan fingerprint density at radius 2 is 2.07 bits per heavy atom. The third-order valence-corrected chi connectivity index (χ3v) is 5.96. The molecule has 0 spiro atoms. The summed E-state index contributed by atoms with van der Waals surface area (Å²) >= 11 is 0. The number of carbonyl (C=O) groups is 1. The van der Waals surface area contributed by atoms with E-state index in [1.807, 2.05) is 12.1 Å². The van der Waals surface area contributed by atoms with Crippen LogP contribution in [0.25, 0.3) is 6.08 Å². The summed E-state index contributed by atoms with van der Waals surface area (Å²) in [5, 5.41) is 8.52. The molecule has 1 aliphatic rings. The van der Waals surface area contributed by atoms with Gasteiger partial charge in [-0.3, -0.25) is 10.0 Å². The molecule has 1 fully saturated rings. The molecule has 0 aliphatic heterocycles. The van der Waals surface area contributed by atoms with Crippen molar-refractivity contribution in [1.29, 1.82) is 0 Å². The predicted octanol–water partition coefficient (Wildman–Crippen LogP) is 4.88. The minimum absolute atomic E-state index is 0.403. The van der Waals surface area contributed by atoms with Gasteiger partial charge in [-0.15, -0.1) is 0 Å². The lowest BCUT2D eigenvalue weighted by Crippen LogP contribution is -2.34. The minimum atomic E-state index is -0.518. The summed E-state index contributed by atoms with van der Waals surface area (Å²) in [6.45, 7) is 9.30. The van der Waals surface area contributed by atoms with E-state index < -0.39 is 5.91 Å². The van der Waals surface area contributed by atoms with E-state index in [-0.39, 0.29) is 0 Å². The molecule has 0 saturated heterocycles. The summed E-state index contributed by atoms with van der Waals surface area (Å²) in [4.78, 5) is 13.5. The molecule has 0 aromatic heterocycles. The molecular formula is C23H36N2O2. The van der Waals surface area contributed by atoms with Gasteiger partial charge in [0.05, 0.1) is 0 Å². The molecule has 4 nitrogen and oxygen atoms in total. The van der Waals surface area contributed by atoms with E-state index in [1.54, 1.807) is 11.6 Å². The molecule has 1 aromatic carbocycles. The summed E-state index contributed by atoms with van der Waals surface area (Å²) < 4.78 is 0.